The summed E-state index contributed by atoms with van der Waals surface area (Å²) in [5.74, 6) is 1.11. The first-order valence-electron chi connectivity index (χ1n) is 7.79. The number of aryl methyl sites for hydroxylation is 2. The van der Waals surface area contributed by atoms with E-state index in [1.807, 2.05) is 44.2 Å². The van der Waals surface area contributed by atoms with Gasteiger partial charge in [0.1, 0.15) is 11.8 Å². The van der Waals surface area contributed by atoms with Gasteiger partial charge >= 0.3 is 0 Å². The maximum atomic E-state index is 12.5. The molecule has 1 atom stereocenters. The predicted octanol–water partition coefficient (Wildman–Crippen LogP) is 3.23. The molecule has 2 heterocycles. The van der Waals surface area contributed by atoms with Crippen LogP contribution in [0.4, 0.5) is 5.13 Å². The lowest BCUT2D eigenvalue weighted by atomic mass is 10.2. The van der Waals surface area contributed by atoms with Crippen molar-refractivity contribution in [1.82, 2.24) is 19.1 Å². The Hall–Kier alpha value is -2.74. The Morgan fingerprint density at radius 1 is 1.32 bits per heavy atom. The van der Waals surface area contributed by atoms with Crippen molar-refractivity contribution < 1.29 is 9.53 Å². The summed E-state index contributed by atoms with van der Waals surface area (Å²) in [7, 11) is 1.61. The van der Waals surface area contributed by atoms with Gasteiger partial charge in [-0.3, -0.25) is 14.8 Å². The fourth-order valence-electron chi connectivity index (χ4n) is 2.51. The molecule has 8 heteroatoms. The highest BCUT2D eigenvalue weighted by Gasteiger charge is 2.19. The molecule has 0 aliphatic carbocycles. The summed E-state index contributed by atoms with van der Waals surface area (Å²) in [6.07, 6.45) is 0. The Bertz CT molecular complexity index is 902. The summed E-state index contributed by atoms with van der Waals surface area (Å²) in [6, 6.07) is 8.99. The smallest absolute Gasteiger partial charge is 0.250 e. The van der Waals surface area contributed by atoms with E-state index in [9.17, 15) is 4.79 Å². The van der Waals surface area contributed by atoms with Crippen LogP contribution in [-0.4, -0.2) is 32.2 Å². The highest BCUT2D eigenvalue weighted by atomic mass is 32.1. The molecule has 0 saturated carbocycles. The molecule has 3 rings (SSSR count). The number of benzene rings is 1. The Kier molecular flexibility index (Phi) is 4.80. The number of carbonyl (C=O) groups excluding carboxylic acids is 1. The van der Waals surface area contributed by atoms with Crippen LogP contribution in [0.2, 0.25) is 0 Å². The fourth-order valence-corrected chi connectivity index (χ4v) is 3.11. The number of amides is 1. The number of anilines is 1. The zero-order chi connectivity index (χ0) is 18.0. The largest absolute Gasteiger partial charge is 0.497 e. The van der Waals surface area contributed by atoms with E-state index in [-0.39, 0.29) is 5.91 Å². The van der Waals surface area contributed by atoms with Gasteiger partial charge in [0.15, 0.2) is 5.82 Å². The van der Waals surface area contributed by atoms with Crippen LogP contribution in [0.15, 0.2) is 30.3 Å². The fraction of sp³-hybridized carbons (Fsp3) is 0.294. The van der Waals surface area contributed by atoms with Crippen LogP contribution in [0.3, 0.4) is 0 Å². The maximum absolute atomic E-state index is 12.5. The van der Waals surface area contributed by atoms with E-state index in [0.29, 0.717) is 11.0 Å². The van der Waals surface area contributed by atoms with Crippen LogP contribution < -0.4 is 10.1 Å². The van der Waals surface area contributed by atoms with Crippen molar-refractivity contribution >= 4 is 22.6 Å². The topological polar surface area (TPSA) is 81.9 Å². The molecule has 25 heavy (non-hydrogen) atoms. The lowest BCUT2D eigenvalue weighted by molar-refractivity contribution is -0.119. The Morgan fingerprint density at radius 2 is 2.12 bits per heavy atom. The molecule has 0 unspecified atom stereocenters. The highest BCUT2D eigenvalue weighted by Crippen LogP contribution is 2.25. The monoisotopic (exact) mass is 357 g/mol. The number of hydrogen-bond acceptors (Lipinski definition) is 6. The Balaban J connectivity index is 1.74. The molecule has 3 aromatic rings. The zero-order valence-corrected chi connectivity index (χ0v) is 15.3. The van der Waals surface area contributed by atoms with Crippen molar-refractivity contribution in [3.63, 3.8) is 0 Å². The minimum atomic E-state index is -0.433. The van der Waals surface area contributed by atoms with Crippen molar-refractivity contribution in [3.8, 4) is 17.1 Å². The zero-order valence-electron chi connectivity index (χ0n) is 14.5. The minimum Gasteiger partial charge on any atom is -0.497 e. The summed E-state index contributed by atoms with van der Waals surface area (Å²) < 4.78 is 11.2. The molecule has 0 spiro atoms. The van der Waals surface area contributed by atoms with Crippen LogP contribution in [0, 0.1) is 13.8 Å². The summed E-state index contributed by atoms with van der Waals surface area (Å²) in [5.41, 5.74) is 2.66. The number of nitrogens with one attached hydrogen (secondary N) is 1. The molecule has 0 fully saturated rings. The number of hydrogen-bond donors (Lipinski definition) is 1. The molecule has 1 amide bonds. The van der Waals surface area contributed by atoms with E-state index in [1.165, 1.54) is 0 Å². The predicted molar refractivity (Wildman–Crippen MR) is 96.9 cm³/mol. The number of ether oxygens (including phenoxy) is 1. The molecule has 130 valence electrons. The molecule has 2 aromatic heterocycles. The summed E-state index contributed by atoms with van der Waals surface area (Å²) in [5, 5.41) is 7.62. The first-order chi connectivity index (χ1) is 12.0. The lowest BCUT2D eigenvalue weighted by Gasteiger charge is -2.12. The van der Waals surface area contributed by atoms with Crippen LogP contribution in [-0.2, 0) is 4.79 Å². The summed E-state index contributed by atoms with van der Waals surface area (Å²) >= 11 is 1.14. The number of aromatic nitrogens is 4. The van der Waals surface area contributed by atoms with Gasteiger partial charge in [0.25, 0.3) is 5.91 Å². The molecule has 7 nitrogen and oxygen atoms in total. The van der Waals surface area contributed by atoms with E-state index in [1.54, 1.807) is 18.7 Å². The van der Waals surface area contributed by atoms with Crippen LogP contribution in [0.1, 0.15) is 24.4 Å². The lowest BCUT2D eigenvalue weighted by Crippen LogP contribution is -2.25. The van der Waals surface area contributed by atoms with Crippen molar-refractivity contribution in [2.45, 2.75) is 26.8 Å². The average Bonchev–Trinajstić information content (AvgIpc) is 3.20. The molecular weight excluding hydrogens is 338 g/mol. The van der Waals surface area contributed by atoms with Gasteiger partial charge in [-0.1, -0.05) is 12.1 Å². The van der Waals surface area contributed by atoms with Gasteiger partial charge in [0, 0.05) is 22.8 Å². The number of methoxy groups -OCH3 is 1. The second-order valence-corrected chi connectivity index (χ2v) is 6.44. The van der Waals surface area contributed by atoms with Crippen LogP contribution >= 0.6 is 11.5 Å². The normalized spacial score (nSPS) is 12.0. The van der Waals surface area contributed by atoms with E-state index < -0.39 is 6.04 Å². The van der Waals surface area contributed by atoms with E-state index in [0.717, 1.165) is 34.2 Å². The SMILES string of the molecule is COc1cccc(-c2nsc(NC(=O)[C@H](C)n3nc(C)cc3C)n2)c1. The van der Waals surface area contributed by atoms with Crippen molar-refractivity contribution in [2.24, 2.45) is 0 Å². The van der Waals surface area contributed by atoms with Crippen LogP contribution in [0.5, 0.6) is 5.75 Å². The van der Waals surface area contributed by atoms with Crippen molar-refractivity contribution in [1.29, 1.82) is 0 Å². The first-order valence-corrected chi connectivity index (χ1v) is 8.57. The molecule has 0 bridgehead atoms. The van der Waals surface area contributed by atoms with Gasteiger partial charge in [0.05, 0.1) is 12.8 Å². The quantitative estimate of drug-likeness (QED) is 0.758. The van der Waals surface area contributed by atoms with Crippen molar-refractivity contribution in [2.75, 3.05) is 12.4 Å². The molecule has 1 aromatic carbocycles. The second kappa shape index (κ2) is 7.02. The van der Waals surface area contributed by atoms with Gasteiger partial charge in [-0.05, 0) is 39.0 Å². The maximum Gasteiger partial charge on any atom is 0.250 e. The molecular formula is C17H19N5O2S. The number of nitrogens with zero attached hydrogens (tertiary/aromatic N) is 4. The molecule has 0 saturated heterocycles. The summed E-state index contributed by atoms with van der Waals surface area (Å²) in [4.78, 5) is 16.9. The number of rotatable bonds is 5. The average molecular weight is 357 g/mol. The third kappa shape index (κ3) is 3.69. The number of carbonyl (C=O) groups is 1. The van der Waals surface area contributed by atoms with E-state index >= 15 is 0 Å². The van der Waals surface area contributed by atoms with Gasteiger partial charge in [-0.25, -0.2) is 0 Å². The third-order valence-corrected chi connectivity index (χ3v) is 4.41. The van der Waals surface area contributed by atoms with Gasteiger partial charge < -0.3 is 4.74 Å². The summed E-state index contributed by atoms with van der Waals surface area (Å²) in [6.45, 7) is 5.63. The molecule has 0 aliphatic rings. The van der Waals surface area contributed by atoms with E-state index in [2.05, 4.69) is 19.8 Å². The molecule has 1 N–H and O–H groups in total. The van der Waals surface area contributed by atoms with Crippen molar-refractivity contribution in [3.05, 3.63) is 41.7 Å². The van der Waals surface area contributed by atoms with Gasteiger partial charge in [-0.15, -0.1) is 0 Å². The minimum absolute atomic E-state index is 0.181. The van der Waals surface area contributed by atoms with Gasteiger partial charge in [0.2, 0.25) is 5.13 Å². The first kappa shape index (κ1) is 17.1. The third-order valence-electron chi connectivity index (χ3n) is 3.78. The van der Waals surface area contributed by atoms with E-state index in [4.69, 9.17) is 4.74 Å². The second-order valence-electron chi connectivity index (χ2n) is 5.69. The highest BCUT2D eigenvalue weighted by molar-refractivity contribution is 7.10. The Morgan fingerprint density at radius 3 is 2.80 bits per heavy atom. The molecule has 0 aliphatic heterocycles. The standard InChI is InChI=1S/C17H19N5O2S/c1-10-8-11(2)22(20-10)12(3)16(23)19-17-18-15(21-25-17)13-6-5-7-14(9-13)24-4/h5-9,12H,1-4H3,(H,18,19,21,23)/t12-/m0/s1. The molecule has 0 radical (unpaired) electrons. The van der Waals surface area contributed by atoms with Gasteiger partial charge in [-0.2, -0.15) is 14.5 Å². The van der Waals surface area contributed by atoms with Crippen LogP contribution in [0.25, 0.3) is 11.4 Å². The Labute approximate surface area is 149 Å².